The molecule has 0 spiro atoms. The predicted octanol–water partition coefficient (Wildman–Crippen LogP) is 8.43. The molecule has 168 valence electrons. The molecule has 0 radical (unpaired) electrons. The van der Waals surface area contributed by atoms with E-state index in [1.165, 1.54) is 54.4 Å². The Morgan fingerprint density at radius 2 is 0.972 bits per heavy atom. The van der Waals surface area contributed by atoms with Crippen LogP contribution < -0.4 is 0 Å². The van der Waals surface area contributed by atoms with Crippen LogP contribution in [-0.4, -0.2) is 14.1 Å². The van der Waals surface area contributed by atoms with E-state index in [1.807, 2.05) is 18.5 Å². The molecule has 3 aromatic heterocycles. The Bertz CT molecular complexity index is 2080. The van der Waals surface area contributed by atoms with Crippen molar-refractivity contribution in [3.8, 4) is 11.4 Å². The summed E-state index contributed by atoms with van der Waals surface area (Å²) in [6, 6.07) is 41.2. The quantitative estimate of drug-likeness (QED) is 0.254. The third-order valence-electron chi connectivity index (χ3n) is 7.36. The van der Waals surface area contributed by atoms with Crippen molar-refractivity contribution < 1.29 is 0 Å². The van der Waals surface area contributed by atoms with Crippen molar-refractivity contribution in [2.24, 2.45) is 0 Å². The predicted molar refractivity (Wildman–Crippen MR) is 150 cm³/mol. The van der Waals surface area contributed by atoms with Gasteiger partial charge in [-0.15, -0.1) is 0 Å². The molecule has 0 saturated heterocycles. The summed E-state index contributed by atoms with van der Waals surface area (Å²) in [4.78, 5) is 4.49. The Balaban J connectivity index is 1.77. The minimum Gasteiger partial charge on any atom is -0.309 e. The molecule has 3 nitrogen and oxygen atoms in total. The molecule has 3 heterocycles. The molecule has 0 aliphatic heterocycles. The van der Waals surface area contributed by atoms with Gasteiger partial charge in [-0.25, -0.2) is 0 Å². The number of nitrogens with zero attached hydrogens (tertiary/aromatic N) is 3. The van der Waals surface area contributed by atoms with Crippen LogP contribution in [0, 0.1) is 0 Å². The molecule has 8 rings (SSSR count). The summed E-state index contributed by atoms with van der Waals surface area (Å²) in [5.41, 5.74) is 7.09. The monoisotopic (exact) mass is 459 g/mol. The molecule has 3 heteroatoms. The van der Waals surface area contributed by atoms with E-state index in [1.54, 1.807) is 0 Å². The Morgan fingerprint density at radius 1 is 0.417 bits per heavy atom. The number of hydrogen-bond donors (Lipinski definition) is 0. The fourth-order valence-electron chi connectivity index (χ4n) is 5.99. The Hall–Kier alpha value is -4.89. The van der Waals surface area contributed by atoms with E-state index in [4.69, 9.17) is 0 Å². The fraction of sp³-hybridized carbons (Fsp3) is 0. The van der Waals surface area contributed by atoms with Crippen LogP contribution in [0.15, 0.2) is 128 Å². The zero-order valence-corrected chi connectivity index (χ0v) is 19.5. The molecule has 0 amide bonds. The highest BCUT2D eigenvalue weighted by atomic mass is 15.0. The van der Waals surface area contributed by atoms with Crippen molar-refractivity contribution in [2.75, 3.05) is 0 Å². The van der Waals surface area contributed by atoms with E-state index >= 15 is 0 Å². The van der Waals surface area contributed by atoms with Gasteiger partial charge in [0.2, 0.25) is 0 Å². The molecule has 0 fully saturated rings. The average molecular weight is 460 g/mol. The number of fused-ring (bicyclic) bond motifs is 10. The van der Waals surface area contributed by atoms with Gasteiger partial charge in [-0.3, -0.25) is 4.98 Å². The molecule has 0 unspecified atom stereocenters. The summed E-state index contributed by atoms with van der Waals surface area (Å²) in [6.45, 7) is 0. The van der Waals surface area contributed by atoms with Crippen molar-refractivity contribution in [1.29, 1.82) is 0 Å². The van der Waals surface area contributed by atoms with Gasteiger partial charge in [-0.1, -0.05) is 78.9 Å². The van der Waals surface area contributed by atoms with E-state index in [2.05, 4.69) is 123 Å². The van der Waals surface area contributed by atoms with Crippen LogP contribution in [-0.2, 0) is 0 Å². The highest BCUT2D eigenvalue weighted by molar-refractivity contribution is 6.36. The standard InChI is InChI=1S/C33H21N3/c1-2-11-22(12-3-1)35-29-19-9-7-17-27(29)31-32(35)25-15-5-4-14-24(25)30-26-16-6-8-18-28(26)36(33(30)31)23-13-10-20-34-21-23/h1-21H. The van der Waals surface area contributed by atoms with Gasteiger partial charge in [0.05, 0.1) is 34.0 Å². The molecule has 5 aromatic carbocycles. The van der Waals surface area contributed by atoms with Crippen LogP contribution in [0.1, 0.15) is 0 Å². The lowest BCUT2D eigenvalue weighted by Gasteiger charge is -2.12. The SMILES string of the molecule is c1ccc(-n2c3ccccc3c3c2c2ccccc2c2c4ccccc4n(-c4cccnc4)c23)cc1. The molecule has 0 bridgehead atoms. The van der Waals surface area contributed by atoms with Gasteiger partial charge in [0, 0.05) is 38.8 Å². The minimum absolute atomic E-state index is 1.07. The lowest BCUT2D eigenvalue weighted by molar-refractivity contribution is 1.14. The van der Waals surface area contributed by atoms with Crippen molar-refractivity contribution in [3.63, 3.8) is 0 Å². The third kappa shape index (κ3) is 2.49. The van der Waals surface area contributed by atoms with Crippen LogP contribution in [0.4, 0.5) is 0 Å². The Labute approximate surface area is 207 Å². The second-order valence-electron chi connectivity index (χ2n) is 9.24. The summed E-state index contributed by atoms with van der Waals surface area (Å²) < 4.78 is 4.83. The molecular weight excluding hydrogens is 438 g/mol. The summed E-state index contributed by atoms with van der Waals surface area (Å²) in [6.07, 6.45) is 3.80. The van der Waals surface area contributed by atoms with Crippen LogP contribution in [0.25, 0.3) is 65.8 Å². The van der Waals surface area contributed by atoms with Gasteiger partial charge in [0.1, 0.15) is 0 Å². The van der Waals surface area contributed by atoms with Gasteiger partial charge in [-0.2, -0.15) is 0 Å². The number of para-hydroxylation sites is 3. The lowest BCUT2D eigenvalue weighted by Crippen LogP contribution is -1.96. The van der Waals surface area contributed by atoms with Gasteiger partial charge >= 0.3 is 0 Å². The van der Waals surface area contributed by atoms with Crippen LogP contribution in [0.5, 0.6) is 0 Å². The van der Waals surface area contributed by atoms with Crippen LogP contribution >= 0.6 is 0 Å². The van der Waals surface area contributed by atoms with Gasteiger partial charge < -0.3 is 9.13 Å². The topological polar surface area (TPSA) is 22.8 Å². The molecule has 0 atom stereocenters. The maximum Gasteiger partial charge on any atom is 0.0648 e. The minimum atomic E-state index is 1.07. The van der Waals surface area contributed by atoms with Gasteiger partial charge in [-0.05, 0) is 41.8 Å². The number of rotatable bonds is 2. The van der Waals surface area contributed by atoms with Crippen molar-refractivity contribution in [1.82, 2.24) is 14.1 Å². The molecule has 0 N–H and O–H groups in total. The summed E-state index contributed by atoms with van der Waals surface area (Å²) in [7, 11) is 0. The van der Waals surface area contributed by atoms with Crippen molar-refractivity contribution >= 4 is 54.4 Å². The first-order valence-electron chi connectivity index (χ1n) is 12.2. The maximum absolute atomic E-state index is 4.49. The molecule has 0 aliphatic carbocycles. The first kappa shape index (κ1) is 19.4. The zero-order chi connectivity index (χ0) is 23.6. The molecule has 0 aliphatic rings. The second-order valence-corrected chi connectivity index (χ2v) is 9.24. The zero-order valence-electron chi connectivity index (χ0n) is 19.5. The van der Waals surface area contributed by atoms with E-state index in [0.717, 1.165) is 11.4 Å². The Morgan fingerprint density at radius 3 is 1.67 bits per heavy atom. The van der Waals surface area contributed by atoms with E-state index in [0.29, 0.717) is 0 Å². The second kappa shape index (κ2) is 7.30. The molecule has 0 saturated carbocycles. The number of aromatic nitrogens is 3. The highest BCUT2D eigenvalue weighted by Crippen LogP contribution is 2.46. The third-order valence-corrected chi connectivity index (χ3v) is 7.36. The lowest BCUT2D eigenvalue weighted by atomic mass is 9.99. The van der Waals surface area contributed by atoms with Crippen LogP contribution in [0.3, 0.4) is 0 Å². The molecule has 36 heavy (non-hydrogen) atoms. The largest absolute Gasteiger partial charge is 0.309 e. The maximum atomic E-state index is 4.49. The van der Waals surface area contributed by atoms with E-state index in [9.17, 15) is 0 Å². The van der Waals surface area contributed by atoms with Crippen molar-refractivity contribution in [2.45, 2.75) is 0 Å². The summed E-state index contributed by atoms with van der Waals surface area (Å²) >= 11 is 0. The Kier molecular flexibility index (Phi) is 3.94. The molecular formula is C33H21N3. The average Bonchev–Trinajstić information content (AvgIpc) is 3.48. The number of pyridine rings is 1. The highest BCUT2D eigenvalue weighted by Gasteiger charge is 2.23. The normalized spacial score (nSPS) is 11.9. The van der Waals surface area contributed by atoms with Gasteiger partial charge in [0.25, 0.3) is 0 Å². The van der Waals surface area contributed by atoms with E-state index < -0.39 is 0 Å². The van der Waals surface area contributed by atoms with Gasteiger partial charge in [0.15, 0.2) is 0 Å². The van der Waals surface area contributed by atoms with E-state index in [-0.39, 0.29) is 0 Å². The first-order chi connectivity index (χ1) is 17.9. The number of hydrogen-bond acceptors (Lipinski definition) is 1. The fourth-order valence-corrected chi connectivity index (χ4v) is 5.99. The molecule has 8 aromatic rings. The van der Waals surface area contributed by atoms with Crippen molar-refractivity contribution in [3.05, 3.63) is 128 Å². The number of benzene rings is 5. The summed E-state index contributed by atoms with van der Waals surface area (Å²) in [5, 5.41) is 7.58. The smallest absolute Gasteiger partial charge is 0.0648 e. The first-order valence-corrected chi connectivity index (χ1v) is 12.2. The summed E-state index contributed by atoms with van der Waals surface area (Å²) in [5.74, 6) is 0. The van der Waals surface area contributed by atoms with Crippen LogP contribution in [0.2, 0.25) is 0 Å².